The molecule has 2 aliphatic heterocycles. The van der Waals surface area contributed by atoms with Crippen molar-refractivity contribution in [1.82, 2.24) is 0 Å². The molecule has 1 fully saturated rings. The summed E-state index contributed by atoms with van der Waals surface area (Å²) < 4.78 is 5.08. The van der Waals surface area contributed by atoms with Crippen LogP contribution in [0.1, 0.15) is 25.0 Å². The van der Waals surface area contributed by atoms with Gasteiger partial charge in [0.2, 0.25) is 5.91 Å². The molecule has 100 valence electrons. The van der Waals surface area contributed by atoms with E-state index in [4.69, 9.17) is 4.74 Å². The smallest absolute Gasteiger partial charge is 0.318 e. The van der Waals surface area contributed by atoms with Gasteiger partial charge >= 0.3 is 5.97 Å². The minimum Gasteiger partial charge on any atom is -0.480 e. The zero-order valence-corrected chi connectivity index (χ0v) is 10.8. The summed E-state index contributed by atoms with van der Waals surface area (Å²) in [5.74, 6) is -0.942. The van der Waals surface area contributed by atoms with Gasteiger partial charge in [-0.25, -0.2) is 0 Å². The normalized spacial score (nSPS) is 22.3. The average Bonchev–Trinajstić information content (AvgIpc) is 2.49. The Kier molecular flexibility index (Phi) is 2.29. The molecule has 0 bridgehead atoms. The molecular weight excluding hydrogens is 246 g/mol. The Morgan fingerprint density at radius 2 is 2.05 bits per heavy atom. The van der Waals surface area contributed by atoms with E-state index < -0.39 is 16.8 Å². The van der Waals surface area contributed by atoms with Crippen LogP contribution in [-0.4, -0.2) is 30.2 Å². The number of carbonyl (C=O) groups is 2. The molecule has 0 aliphatic carbocycles. The molecule has 19 heavy (non-hydrogen) atoms. The number of anilines is 1. The van der Waals surface area contributed by atoms with Crippen LogP contribution in [0.2, 0.25) is 0 Å². The van der Waals surface area contributed by atoms with Crippen molar-refractivity contribution in [3.8, 4) is 0 Å². The first-order valence-electron chi connectivity index (χ1n) is 6.15. The Balaban J connectivity index is 2.11. The molecule has 1 amide bonds. The van der Waals surface area contributed by atoms with E-state index in [2.05, 4.69) is 5.32 Å². The summed E-state index contributed by atoms with van der Waals surface area (Å²) >= 11 is 0. The zero-order chi connectivity index (χ0) is 13.8. The van der Waals surface area contributed by atoms with Gasteiger partial charge in [0.05, 0.1) is 18.6 Å². The van der Waals surface area contributed by atoms with E-state index in [9.17, 15) is 14.7 Å². The third kappa shape index (κ3) is 1.45. The van der Waals surface area contributed by atoms with Gasteiger partial charge in [-0.3, -0.25) is 9.59 Å². The number of benzene rings is 1. The second-order valence-corrected chi connectivity index (χ2v) is 5.72. The first-order valence-corrected chi connectivity index (χ1v) is 6.15. The average molecular weight is 261 g/mol. The SMILES string of the molecule is CC1(C)C(=O)Nc2ccc(C3(C(=O)O)COC3)cc21. The number of nitrogens with one attached hydrogen (secondary N) is 1. The summed E-state index contributed by atoms with van der Waals surface area (Å²) in [6.07, 6.45) is 0. The molecule has 1 saturated heterocycles. The molecule has 0 unspecified atom stereocenters. The fourth-order valence-corrected chi connectivity index (χ4v) is 2.59. The van der Waals surface area contributed by atoms with E-state index in [1.54, 1.807) is 12.1 Å². The maximum Gasteiger partial charge on any atom is 0.318 e. The van der Waals surface area contributed by atoms with Gasteiger partial charge in [0, 0.05) is 5.69 Å². The maximum atomic E-state index is 11.9. The van der Waals surface area contributed by atoms with Gasteiger partial charge in [0.25, 0.3) is 0 Å². The molecule has 0 saturated carbocycles. The lowest BCUT2D eigenvalue weighted by atomic mass is 9.76. The summed E-state index contributed by atoms with van der Waals surface area (Å²) in [6, 6.07) is 5.36. The summed E-state index contributed by atoms with van der Waals surface area (Å²) in [5.41, 5.74) is 0.725. The van der Waals surface area contributed by atoms with Gasteiger partial charge in [-0.05, 0) is 31.0 Å². The van der Waals surface area contributed by atoms with E-state index in [1.165, 1.54) is 0 Å². The van der Waals surface area contributed by atoms with Gasteiger partial charge in [-0.2, -0.15) is 0 Å². The van der Waals surface area contributed by atoms with Crippen LogP contribution in [0.4, 0.5) is 5.69 Å². The molecule has 0 atom stereocenters. The van der Waals surface area contributed by atoms with E-state index in [0.29, 0.717) is 5.56 Å². The minimum atomic E-state index is -0.962. The largest absolute Gasteiger partial charge is 0.480 e. The first-order chi connectivity index (χ1) is 8.88. The predicted molar refractivity (Wildman–Crippen MR) is 68.2 cm³/mol. The van der Waals surface area contributed by atoms with E-state index >= 15 is 0 Å². The highest BCUT2D eigenvalue weighted by Gasteiger charge is 2.49. The second kappa shape index (κ2) is 3.57. The van der Waals surface area contributed by atoms with Crippen LogP contribution >= 0.6 is 0 Å². The number of rotatable bonds is 2. The number of carbonyl (C=O) groups excluding carboxylic acids is 1. The summed E-state index contributed by atoms with van der Waals surface area (Å²) in [7, 11) is 0. The Morgan fingerprint density at radius 1 is 1.37 bits per heavy atom. The van der Waals surface area contributed by atoms with E-state index in [1.807, 2.05) is 19.9 Å². The van der Waals surface area contributed by atoms with Crippen molar-refractivity contribution in [3.05, 3.63) is 29.3 Å². The van der Waals surface area contributed by atoms with E-state index in [-0.39, 0.29) is 19.1 Å². The fraction of sp³-hybridized carbons (Fsp3) is 0.429. The lowest BCUT2D eigenvalue weighted by Crippen LogP contribution is -2.53. The third-order valence-electron chi connectivity index (χ3n) is 4.17. The summed E-state index contributed by atoms with van der Waals surface area (Å²) in [5, 5.41) is 12.2. The standard InChI is InChI=1S/C14H15NO4/c1-13(2)9-5-8(3-4-10(9)15-11(13)16)14(12(17)18)6-19-7-14/h3-5H,6-7H2,1-2H3,(H,15,16)(H,17,18). The molecule has 0 spiro atoms. The number of carboxylic acid groups (broad SMARTS) is 1. The van der Waals surface area contributed by atoms with Crippen LogP contribution < -0.4 is 5.32 Å². The Bertz CT molecular complexity index is 587. The zero-order valence-electron chi connectivity index (χ0n) is 10.8. The van der Waals surface area contributed by atoms with E-state index in [0.717, 1.165) is 11.3 Å². The van der Waals surface area contributed by atoms with Crippen LogP contribution in [0.5, 0.6) is 0 Å². The lowest BCUT2D eigenvalue weighted by Gasteiger charge is -2.38. The third-order valence-corrected chi connectivity index (χ3v) is 4.17. The van der Waals surface area contributed by atoms with Crippen molar-refractivity contribution in [3.63, 3.8) is 0 Å². The molecule has 0 radical (unpaired) electrons. The van der Waals surface area contributed by atoms with Crippen molar-refractivity contribution >= 4 is 17.6 Å². The van der Waals surface area contributed by atoms with Gasteiger partial charge in [0.15, 0.2) is 0 Å². The monoisotopic (exact) mass is 261 g/mol. The Labute approximate surface area is 110 Å². The summed E-state index contributed by atoms with van der Waals surface area (Å²) in [6.45, 7) is 4.04. The van der Waals surface area contributed by atoms with Gasteiger partial charge in [-0.15, -0.1) is 0 Å². The highest BCUT2D eigenvalue weighted by Crippen LogP contribution is 2.41. The van der Waals surface area contributed by atoms with Crippen molar-refractivity contribution < 1.29 is 19.4 Å². The lowest BCUT2D eigenvalue weighted by molar-refractivity contribution is -0.163. The topological polar surface area (TPSA) is 75.6 Å². The highest BCUT2D eigenvalue weighted by atomic mass is 16.5. The molecule has 2 heterocycles. The van der Waals surface area contributed by atoms with Crippen LogP contribution in [0.25, 0.3) is 0 Å². The molecule has 1 aromatic carbocycles. The first kappa shape index (κ1) is 12.2. The fourth-order valence-electron chi connectivity index (χ4n) is 2.59. The van der Waals surface area contributed by atoms with Gasteiger partial charge in [0.1, 0.15) is 5.41 Å². The Hall–Kier alpha value is -1.88. The number of fused-ring (bicyclic) bond motifs is 1. The molecule has 5 nitrogen and oxygen atoms in total. The molecule has 2 N–H and O–H groups in total. The second-order valence-electron chi connectivity index (χ2n) is 5.72. The maximum absolute atomic E-state index is 11.9. The number of amides is 1. The van der Waals surface area contributed by atoms with Crippen LogP contribution in [-0.2, 0) is 25.2 Å². The van der Waals surface area contributed by atoms with Gasteiger partial charge in [-0.1, -0.05) is 12.1 Å². The van der Waals surface area contributed by atoms with Crippen LogP contribution in [0.3, 0.4) is 0 Å². The minimum absolute atomic E-state index is 0.0612. The number of carboxylic acids is 1. The van der Waals surface area contributed by atoms with Crippen molar-refractivity contribution in [2.75, 3.05) is 18.5 Å². The van der Waals surface area contributed by atoms with Crippen molar-refractivity contribution in [2.24, 2.45) is 0 Å². The molecule has 2 aliphatic rings. The summed E-state index contributed by atoms with van der Waals surface area (Å²) in [4.78, 5) is 23.3. The predicted octanol–water partition coefficient (Wildman–Crippen LogP) is 1.27. The van der Waals surface area contributed by atoms with Crippen molar-refractivity contribution in [2.45, 2.75) is 24.7 Å². The highest BCUT2D eigenvalue weighted by molar-refractivity contribution is 6.05. The van der Waals surface area contributed by atoms with Crippen LogP contribution in [0.15, 0.2) is 18.2 Å². The molecule has 0 aromatic heterocycles. The molecule has 3 rings (SSSR count). The molecular formula is C14H15NO4. The number of hydrogen-bond donors (Lipinski definition) is 2. The Morgan fingerprint density at radius 3 is 2.58 bits per heavy atom. The molecule has 1 aromatic rings. The number of aliphatic carboxylic acids is 1. The number of hydrogen-bond acceptors (Lipinski definition) is 3. The quantitative estimate of drug-likeness (QED) is 0.840. The molecule has 5 heteroatoms. The van der Waals surface area contributed by atoms with Gasteiger partial charge < -0.3 is 15.2 Å². The van der Waals surface area contributed by atoms with Crippen LogP contribution in [0, 0.1) is 0 Å². The van der Waals surface area contributed by atoms with Crippen molar-refractivity contribution in [1.29, 1.82) is 0 Å². The number of ether oxygens (including phenoxy) is 1.